The fourth-order valence-corrected chi connectivity index (χ4v) is 18.0. The number of hydrogen-bond acceptors (Lipinski definition) is 15. The minimum absolute atomic E-state index is 0.0334. The van der Waals surface area contributed by atoms with Gasteiger partial charge in [0.15, 0.2) is 5.82 Å². The van der Waals surface area contributed by atoms with Gasteiger partial charge in [0.25, 0.3) is 5.91 Å². The Kier molecular flexibility index (Phi) is 21.7. The van der Waals surface area contributed by atoms with Gasteiger partial charge in [-0.05, 0) is 226 Å². The van der Waals surface area contributed by atoms with Gasteiger partial charge in [-0.1, -0.05) is 6.07 Å². The Morgan fingerprint density at radius 1 is 0.452 bits per heavy atom. The van der Waals surface area contributed by atoms with Crippen molar-refractivity contribution in [2.24, 2.45) is 0 Å². The van der Waals surface area contributed by atoms with E-state index in [0.717, 1.165) is 212 Å². The predicted octanol–water partition coefficient (Wildman–Crippen LogP) is 10.8. The van der Waals surface area contributed by atoms with Crippen LogP contribution in [0.15, 0.2) is 97.2 Å². The molecule has 0 atom stereocenters. The molecule has 0 aliphatic carbocycles. The van der Waals surface area contributed by atoms with E-state index in [9.17, 15) is 32.3 Å². The maximum Gasteiger partial charge on any atom is 0.323 e. The molecule has 556 valence electrons. The Morgan fingerprint density at radius 2 is 0.846 bits per heavy atom. The van der Waals surface area contributed by atoms with E-state index in [1.165, 1.54) is 18.2 Å². The number of methoxy groups -OCH3 is 2. The standard InChI is InChI=1S/C28H35FN4O3.C26H35FN6O.C25H33FN6O2/c1-30(2)27(35)33-19-28(24-18-21(29)7-8-25(24)33)11-15-31(16-12-28)22-9-13-32(14-10-22)26(34)20-5-4-6-23(17-20)36-3;1-18-19(2)29-24(16-28-18)32-11-7-21(8-12-32)31-13-9-26(10-14-31)17-33(25(34)30(3)4)23-6-5-20(27)15-22(23)26;1-29(2)24(33)32-17-25(20-16-18(26)4-5-21(20)32)10-14-30(15-11-25)19-8-12-31(13-9-19)22-6-7-23(34-3)28-27-22/h4-8,17-18,22H,9-16,19H2,1-3H3;5-6,15-16,21H,7-14,17H2,1-4H3;4-7,16,19H,8-15,17H2,1-3H3. The monoisotopic (exact) mass is 1430 g/mol. The molecule has 104 heavy (non-hydrogen) atoms. The number of anilines is 5. The molecule has 6 fully saturated rings. The molecular formula is C79H103F3N16O6. The first-order chi connectivity index (χ1) is 50.0. The average molecular weight is 1430 g/mol. The van der Waals surface area contributed by atoms with E-state index in [4.69, 9.17) is 14.5 Å². The number of aryl methyl sites for hydroxylation is 2. The van der Waals surface area contributed by atoms with Gasteiger partial charge >= 0.3 is 18.1 Å². The van der Waals surface area contributed by atoms with Gasteiger partial charge in [-0.25, -0.2) is 32.5 Å². The Hall–Kier alpha value is -8.81. The van der Waals surface area contributed by atoms with Crippen molar-refractivity contribution in [3.05, 3.63) is 148 Å². The molecule has 3 spiro atoms. The van der Waals surface area contributed by atoms with Crippen molar-refractivity contribution in [2.45, 2.75) is 125 Å². The Morgan fingerprint density at radius 3 is 1.20 bits per heavy atom. The van der Waals surface area contributed by atoms with E-state index in [1.54, 1.807) is 114 Å². The lowest BCUT2D eigenvalue weighted by atomic mass is 9.74. The van der Waals surface area contributed by atoms with Crippen molar-refractivity contribution in [1.82, 2.24) is 54.5 Å². The van der Waals surface area contributed by atoms with E-state index >= 15 is 0 Å². The lowest BCUT2D eigenvalue weighted by molar-refractivity contribution is 0.0530. The second-order valence-electron chi connectivity index (χ2n) is 30.7. The van der Waals surface area contributed by atoms with E-state index < -0.39 is 0 Å². The van der Waals surface area contributed by atoms with E-state index in [1.807, 2.05) is 70.0 Å². The molecule has 0 saturated carbocycles. The number of hydrogen-bond donors (Lipinski definition) is 0. The van der Waals surface area contributed by atoms with Crippen molar-refractivity contribution in [1.29, 1.82) is 0 Å². The molecule has 15 rings (SSSR count). The number of nitrogens with zero attached hydrogens (tertiary/aromatic N) is 16. The van der Waals surface area contributed by atoms with Crippen molar-refractivity contribution in [3.8, 4) is 11.6 Å². The molecule has 7 amide bonds. The van der Waals surface area contributed by atoms with Crippen LogP contribution in [0.3, 0.4) is 0 Å². The maximum atomic E-state index is 14.3. The van der Waals surface area contributed by atoms with Crippen LogP contribution >= 0.6 is 0 Å². The summed E-state index contributed by atoms with van der Waals surface area (Å²) >= 11 is 0. The molecule has 0 bridgehead atoms. The summed E-state index contributed by atoms with van der Waals surface area (Å²) in [5.41, 5.74) is 7.66. The third-order valence-electron chi connectivity index (χ3n) is 24.2. The fourth-order valence-electron chi connectivity index (χ4n) is 18.0. The largest absolute Gasteiger partial charge is 0.497 e. The molecule has 6 saturated heterocycles. The summed E-state index contributed by atoms with van der Waals surface area (Å²) < 4.78 is 53.1. The molecule has 0 N–H and O–H groups in total. The first kappa shape index (κ1) is 73.5. The van der Waals surface area contributed by atoms with Gasteiger partial charge in [-0.15, -0.1) is 10.2 Å². The van der Waals surface area contributed by atoms with E-state index in [2.05, 4.69) is 39.7 Å². The highest BCUT2D eigenvalue weighted by Crippen LogP contribution is 2.51. The maximum absolute atomic E-state index is 14.3. The van der Waals surface area contributed by atoms with Crippen LogP contribution in [0.2, 0.25) is 0 Å². The number of amides is 7. The zero-order valence-electron chi connectivity index (χ0n) is 62.3. The second kappa shape index (κ2) is 30.7. The lowest BCUT2D eigenvalue weighted by Crippen LogP contribution is -2.52. The quantitative estimate of drug-likeness (QED) is 0.140. The summed E-state index contributed by atoms with van der Waals surface area (Å²) in [6.45, 7) is 16.9. The van der Waals surface area contributed by atoms with Crippen molar-refractivity contribution in [3.63, 3.8) is 0 Å². The number of piperidine rings is 6. The number of benzene rings is 4. The highest BCUT2D eigenvalue weighted by Gasteiger charge is 2.51. The molecule has 25 heteroatoms. The molecule has 11 heterocycles. The number of ether oxygens (including phenoxy) is 2. The predicted molar refractivity (Wildman–Crippen MR) is 398 cm³/mol. The summed E-state index contributed by atoms with van der Waals surface area (Å²) in [5, 5.41) is 8.39. The Labute approximate surface area is 610 Å². The van der Waals surface area contributed by atoms with Crippen LogP contribution in [0, 0.1) is 31.3 Å². The third-order valence-corrected chi connectivity index (χ3v) is 24.2. The SMILES string of the molecule is COc1ccc(N2CCC(N3CCC4(CC3)CN(C(=O)N(C)C)c3ccc(F)cc34)CC2)nn1.COc1cccc(C(=O)N2CCC(N3CCC4(CC3)CN(C(=O)N(C)C)c3ccc(F)cc34)CC2)c1.Cc1ncc(N2CCC(N3CCC4(CC3)CN(C(=O)N(C)C)c3ccc(F)cc34)CC2)nc1C. The van der Waals surface area contributed by atoms with Crippen LogP contribution in [0.5, 0.6) is 11.6 Å². The topological polar surface area (TPSA) is 177 Å². The summed E-state index contributed by atoms with van der Waals surface area (Å²) in [5.74, 6) is 2.46. The number of urea groups is 3. The Bertz CT molecular complexity index is 4060. The number of rotatable bonds is 8. The summed E-state index contributed by atoms with van der Waals surface area (Å²) in [6.07, 6.45) is 13.7. The normalized spacial score (nSPS) is 20.3. The first-order valence-corrected chi connectivity index (χ1v) is 37.2. The van der Waals surface area contributed by atoms with Crippen LogP contribution in [-0.4, -0.2) is 251 Å². The van der Waals surface area contributed by atoms with Gasteiger partial charge in [-0.3, -0.25) is 24.5 Å². The molecule has 2 aromatic heterocycles. The highest BCUT2D eigenvalue weighted by molar-refractivity contribution is 5.97. The number of aromatic nitrogens is 4. The molecule has 9 aliphatic heterocycles. The van der Waals surface area contributed by atoms with Crippen LogP contribution in [-0.2, 0) is 16.2 Å². The zero-order valence-corrected chi connectivity index (χ0v) is 62.3. The molecule has 0 radical (unpaired) electrons. The van der Waals surface area contributed by atoms with Gasteiger partial charge in [0.2, 0.25) is 5.88 Å². The van der Waals surface area contributed by atoms with Crippen LogP contribution < -0.4 is 34.0 Å². The van der Waals surface area contributed by atoms with Crippen LogP contribution in [0.1, 0.15) is 115 Å². The molecular weight excluding hydrogens is 1330 g/mol. The van der Waals surface area contributed by atoms with Crippen LogP contribution in [0.25, 0.3) is 0 Å². The van der Waals surface area contributed by atoms with Crippen LogP contribution in [0.4, 0.5) is 56.3 Å². The van der Waals surface area contributed by atoms with Gasteiger partial charge in [0.1, 0.15) is 29.0 Å². The van der Waals surface area contributed by atoms with Crippen molar-refractivity contribution in [2.75, 3.05) is 179 Å². The summed E-state index contributed by atoms with van der Waals surface area (Å²) in [7, 11) is 13.8. The average Bonchev–Trinajstić information content (AvgIpc) is 1.60. The van der Waals surface area contributed by atoms with Crippen molar-refractivity contribution < 1.29 is 41.8 Å². The number of likely N-dealkylation sites (tertiary alicyclic amines) is 4. The smallest absolute Gasteiger partial charge is 0.323 e. The zero-order chi connectivity index (χ0) is 73.4. The number of carbonyl (C=O) groups excluding carboxylic acids is 4. The number of carbonyl (C=O) groups is 4. The lowest BCUT2D eigenvalue weighted by Gasteiger charge is -2.45. The molecule has 0 unspecified atom stereocenters. The third kappa shape index (κ3) is 14.9. The summed E-state index contributed by atoms with van der Waals surface area (Å²) in [6, 6.07) is 27.2. The molecule has 9 aliphatic rings. The summed E-state index contributed by atoms with van der Waals surface area (Å²) in [4.78, 5) is 85.4. The van der Waals surface area contributed by atoms with Gasteiger partial charge in [0.05, 0.1) is 31.8 Å². The molecule has 4 aromatic carbocycles. The van der Waals surface area contributed by atoms with Gasteiger partial charge < -0.3 is 53.6 Å². The Balaban J connectivity index is 0.000000139. The number of halogens is 3. The van der Waals surface area contributed by atoms with Gasteiger partial charge in [-0.2, -0.15) is 0 Å². The second-order valence-corrected chi connectivity index (χ2v) is 30.7. The van der Waals surface area contributed by atoms with Gasteiger partial charge in [0, 0.05) is 164 Å². The first-order valence-electron chi connectivity index (χ1n) is 37.2. The highest BCUT2D eigenvalue weighted by atomic mass is 19.1. The van der Waals surface area contributed by atoms with Crippen molar-refractivity contribution >= 4 is 52.7 Å². The molecule has 6 aromatic rings. The minimum atomic E-state index is -0.247. The van der Waals surface area contributed by atoms with E-state index in [-0.39, 0.29) is 57.7 Å². The van der Waals surface area contributed by atoms with E-state index in [0.29, 0.717) is 55.0 Å². The molecule has 22 nitrogen and oxygen atoms in total. The fraction of sp³-hybridized carbons (Fsp3) is 0.544. The minimum Gasteiger partial charge on any atom is -0.497 e. The number of fused-ring (bicyclic) bond motifs is 6.